The standard InChI is InChI=1S/C23H28N2O2S/c1-3-25-15-18-8-5-4-7-16(18)11-19(25)14-24-23(26)21-13-20(28-2)12-17-9-6-10-27-22(17)21/h4-5,7-8,12-13,19H,3,6,9-11,14-15H2,1-2H3,(H,24,26)/t19-/m0/s1. The highest BCUT2D eigenvalue weighted by molar-refractivity contribution is 7.98. The maximum Gasteiger partial charge on any atom is 0.255 e. The SMILES string of the molecule is CCN1Cc2ccccc2C[C@H]1CNC(=O)c1cc(SC)cc2c1OCCC2. The van der Waals surface area contributed by atoms with Crippen LogP contribution in [0.4, 0.5) is 0 Å². The average Bonchev–Trinajstić information content (AvgIpc) is 2.75. The second-order valence-corrected chi connectivity index (χ2v) is 8.39. The molecule has 28 heavy (non-hydrogen) atoms. The molecule has 5 heteroatoms. The van der Waals surface area contributed by atoms with Gasteiger partial charge in [0.05, 0.1) is 12.2 Å². The van der Waals surface area contributed by atoms with Gasteiger partial charge in [-0.15, -0.1) is 11.8 Å². The molecule has 0 bridgehead atoms. The van der Waals surface area contributed by atoms with Crippen molar-refractivity contribution in [3.05, 3.63) is 58.7 Å². The van der Waals surface area contributed by atoms with E-state index in [0.29, 0.717) is 24.8 Å². The Balaban J connectivity index is 1.50. The molecule has 2 aliphatic rings. The molecule has 1 N–H and O–H groups in total. The van der Waals surface area contributed by atoms with Crippen LogP contribution in [0.2, 0.25) is 0 Å². The van der Waals surface area contributed by atoms with E-state index >= 15 is 0 Å². The average molecular weight is 397 g/mol. The quantitative estimate of drug-likeness (QED) is 0.778. The third-order valence-electron chi connectivity index (χ3n) is 5.82. The minimum Gasteiger partial charge on any atom is -0.492 e. The van der Waals surface area contributed by atoms with Crippen LogP contribution in [0, 0.1) is 0 Å². The van der Waals surface area contributed by atoms with Crippen molar-refractivity contribution in [3.8, 4) is 5.75 Å². The van der Waals surface area contributed by atoms with E-state index < -0.39 is 0 Å². The zero-order chi connectivity index (χ0) is 19.5. The summed E-state index contributed by atoms with van der Waals surface area (Å²) in [5, 5.41) is 3.20. The van der Waals surface area contributed by atoms with Gasteiger partial charge in [0.2, 0.25) is 0 Å². The summed E-state index contributed by atoms with van der Waals surface area (Å²) < 4.78 is 5.88. The number of thioether (sulfide) groups is 1. The monoisotopic (exact) mass is 396 g/mol. The molecule has 0 aliphatic carbocycles. The predicted molar refractivity (Wildman–Crippen MR) is 114 cm³/mol. The van der Waals surface area contributed by atoms with Crippen molar-refractivity contribution in [3.63, 3.8) is 0 Å². The van der Waals surface area contributed by atoms with Crippen LogP contribution in [0.25, 0.3) is 0 Å². The van der Waals surface area contributed by atoms with Gasteiger partial charge < -0.3 is 10.1 Å². The third-order valence-corrected chi connectivity index (χ3v) is 6.53. The number of hydrogen-bond donors (Lipinski definition) is 1. The van der Waals surface area contributed by atoms with Crippen molar-refractivity contribution in [1.29, 1.82) is 0 Å². The molecule has 0 fully saturated rings. The van der Waals surface area contributed by atoms with E-state index in [4.69, 9.17) is 4.74 Å². The number of likely N-dealkylation sites (N-methyl/N-ethyl adjacent to an activating group) is 1. The van der Waals surface area contributed by atoms with Crippen molar-refractivity contribution in [2.75, 3.05) is 26.0 Å². The fourth-order valence-electron chi connectivity index (χ4n) is 4.26. The molecular weight excluding hydrogens is 368 g/mol. The molecule has 0 saturated carbocycles. The highest BCUT2D eigenvalue weighted by Gasteiger charge is 2.26. The molecule has 0 aromatic heterocycles. The summed E-state index contributed by atoms with van der Waals surface area (Å²) in [4.78, 5) is 16.6. The fourth-order valence-corrected chi connectivity index (χ4v) is 4.75. The maximum absolute atomic E-state index is 13.0. The van der Waals surface area contributed by atoms with Gasteiger partial charge in [-0.3, -0.25) is 9.69 Å². The normalized spacial score (nSPS) is 18.7. The lowest BCUT2D eigenvalue weighted by atomic mass is 9.94. The summed E-state index contributed by atoms with van der Waals surface area (Å²) in [7, 11) is 0. The van der Waals surface area contributed by atoms with Crippen molar-refractivity contribution in [2.24, 2.45) is 0 Å². The molecule has 4 rings (SSSR count). The summed E-state index contributed by atoms with van der Waals surface area (Å²) in [5.41, 5.74) is 4.64. The van der Waals surface area contributed by atoms with Gasteiger partial charge >= 0.3 is 0 Å². The van der Waals surface area contributed by atoms with Crippen molar-refractivity contribution >= 4 is 17.7 Å². The van der Waals surface area contributed by atoms with E-state index in [-0.39, 0.29) is 5.91 Å². The number of carbonyl (C=O) groups excluding carboxylic acids is 1. The Morgan fingerprint density at radius 1 is 1.25 bits per heavy atom. The zero-order valence-electron chi connectivity index (χ0n) is 16.7. The number of aryl methyl sites for hydroxylation is 1. The Bertz CT molecular complexity index is 868. The van der Waals surface area contributed by atoms with Gasteiger partial charge in [0, 0.05) is 24.0 Å². The van der Waals surface area contributed by atoms with Crippen LogP contribution < -0.4 is 10.1 Å². The number of ether oxygens (including phenoxy) is 1. The summed E-state index contributed by atoms with van der Waals surface area (Å²) >= 11 is 1.67. The van der Waals surface area contributed by atoms with E-state index in [1.807, 2.05) is 12.3 Å². The Hall–Kier alpha value is -1.98. The van der Waals surface area contributed by atoms with E-state index in [0.717, 1.165) is 48.6 Å². The molecule has 148 valence electrons. The van der Waals surface area contributed by atoms with E-state index in [1.165, 1.54) is 11.1 Å². The number of nitrogens with one attached hydrogen (secondary N) is 1. The first kappa shape index (κ1) is 19.3. The van der Waals surface area contributed by atoms with Crippen molar-refractivity contribution < 1.29 is 9.53 Å². The maximum atomic E-state index is 13.0. The lowest BCUT2D eigenvalue weighted by molar-refractivity contribution is 0.0922. The van der Waals surface area contributed by atoms with Gasteiger partial charge in [-0.05, 0) is 60.9 Å². The van der Waals surface area contributed by atoms with Gasteiger partial charge in [-0.2, -0.15) is 0 Å². The highest BCUT2D eigenvalue weighted by Crippen LogP contribution is 2.33. The molecule has 2 aromatic rings. The lowest BCUT2D eigenvalue weighted by Crippen LogP contribution is -2.47. The van der Waals surface area contributed by atoms with Gasteiger partial charge in [0.25, 0.3) is 5.91 Å². The lowest BCUT2D eigenvalue weighted by Gasteiger charge is -2.36. The minimum absolute atomic E-state index is 0.0241. The molecule has 4 nitrogen and oxygen atoms in total. The van der Waals surface area contributed by atoms with Crippen molar-refractivity contribution in [2.45, 2.75) is 43.7 Å². The first-order valence-electron chi connectivity index (χ1n) is 10.1. The van der Waals surface area contributed by atoms with Gasteiger partial charge in [0.1, 0.15) is 5.75 Å². The smallest absolute Gasteiger partial charge is 0.255 e. The van der Waals surface area contributed by atoms with Crippen LogP contribution in [0.15, 0.2) is 41.3 Å². The number of fused-ring (bicyclic) bond motifs is 2. The summed E-state index contributed by atoms with van der Waals surface area (Å²) in [6, 6.07) is 13.1. The number of hydrogen-bond acceptors (Lipinski definition) is 4. The Morgan fingerprint density at radius 3 is 2.86 bits per heavy atom. The number of nitrogens with zero attached hydrogens (tertiary/aromatic N) is 1. The number of rotatable bonds is 5. The molecule has 0 unspecified atom stereocenters. The van der Waals surface area contributed by atoms with Gasteiger partial charge in [-0.25, -0.2) is 0 Å². The molecule has 0 radical (unpaired) electrons. The molecule has 1 amide bonds. The zero-order valence-corrected chi connectivity index (χ0v) is 17.5. The second-order valence-electron chi connectivity index (χ2n) is 7.52. The van der Waals surface area contributed by atoms with Crippen LogP contribution >= 0.6 is 11.8 Å². The Morgan fingerprint density at radius 2 is 2.07 bits per heavy atom. The molecule has 2 aromatic carbocycles. The number of amides is 1. The molecule has 1 atom stereocenters. The topological polar surface area (TPSA) is 41.6 Å². The first-order chi connectivity index (χ1) is 13.7. The van der Waals surface area contributed by atoms with E-state index in [9.17, 15) is 4.79 Å². The van der Waals surface area contributed by atoms with Crippen LogP contribution in [-0.4, -0.2) is 42.8 Å². The Kier molecular flexibility index (Phi) is 5.93. The summed E-state index contributed by atoms with van der Waals surface area (Å²) in [5.74, 6) is 0.756. The molecule has 0 spiro atoms. The van der Waals surface area contributed by atoms with E-state index in [2.05, 4.69) is 47.5 Å². The Labute approximate surface area is 171 Å². The first-order valence-corrected chi connectivity index (χ1v) is 11.3. The number of benzene rings is 2. The molecule has 2 aliphatic heterocycles. The number of carbonyl (C=O) groups is 1. The fraction of sp³-hybridized carbons (Fsp3) is 0.435. The van der Waals surface area contributed by atoms with Gasteiger partial charge in [-0.1, -0.05) is 31.2 Å². The highest BCUT2D eigenvalue weighted by atomic mass is 32.2. The summed E-state index contributed by atoms with van der Waals surface area (Å²) in [6.45, 7) is 5.46. The largest absolute Gasteiger partial charge is 0.492 e. The molecular formula is C23H28N2O2S. The van der Waals surface area contributed by atoms with Gasteiger partial charge in [0.15, 0.2) is 0 Å². The van der Waals surface area contributed by atoms with Crippen LogP contribution in [-0.2, 0) is 19.4 Å². The second kappa shape index (κ2) is 8.58. The molecule has 2 heterocycles. The minimum atomic E-state index is -0.0241. The van der Waals surface area contributed by atoms with Crippen LogP contribution in [0.1, 0.15) is 40.4 Å². The van der Waals surface area contributed by atoms with Crippen LogP contribution in [0.3, 0.4) is 0 Å². The van der Waals surface area contributed by atoms with Crippen LogP contribution in [0.5, 0.6) is 5.75 Å². The predicted octanol–water partition coefficient (Wildman–Crippen LogP) is 3.91. The summed E-state index contributed by atoms with van der Waals surface area (Å²) in [6.07, 6.45) is 5.02. The van der Waals surface area contributed by atoms with E-state index in [1.54, 1.807) is 11.8 Å². The molecule has 0 saturated heterocycles. The van der Waals surface area contributed by atoms with Crippen molar-refractivity contribution in [1.82, 2.24) is 10.2 Å². The third kappa shape index (κ3) is 3.91.